The van der Waals surface area contributed by atoms with Crippen LogP contribution in [0.25, 0.3) is 0 Å². The van der Waals surface area contributed by atoms with Gasteiger partial charge in [0.2, 0.25) is 0 Å². The SMILES string of the molecule is O[C@H]1[C@H](O)CNC[C@@H]1OCc1cn(CCCCCCCOCCOCCOCCOCCOCCn2cc(CO[C@H]3CNC[C@@H](O)[C@@H]3O)nn2)nn1. The summed E-state index contributed by atoms with van der Waals surface area (Å²) in [6.07, 6.45) is 4.61. The van der Waals surface area contributed by atoms with Crippen LogP contribution in [0.5, 0.6) is 0 Å². The molecular weight excluding hydrogens is 684 g/mol. The molecule has 0 unspecified atom stereocenters. The molecule has 2 saturated heterocycles. The van der Waals surface area contributed by atoms with Crippen molar-refractivity contribution in [2.24, 2.45) is 0 Å². The Morgan fingerprint density at radius 3 is 1.46 bits per heavy atom. The van der Waals surface area contributed by atoms with Crippen LogP contribution in [-0.2, 0) is 59.5 Å². The van der Waals surface area contributed by atoms with Crippen LogP contribution >= 0.6 is 0 Å². The molecule has 0 amide bonds. The maximum atomic E-state index is 10.0. The first kappa shape index (κ1) is 42.5. The molecule has 0 spiro atoms. The molecule has 19 nitrogen and oxygen atoms in total. The fourth-order valence-electron chi connectivity index (χ4n) is 5.60. The Kier molecular flexibility index (Phi) is 21.0. The first-order valence-corrected chi connectivity index (χ1v) is 18.5. The highest BCUT2D eigenvalue weighted by Gasteiger charge is 2.32. The number of aliphatic hydroxyl groups is 4. The zero-order valence-electron chi connectivity index (χ0n) is 30.2. The zero-order chi connectivity index (χ0) is 36.6. The van der Waals surface area contributed by atoms with Gasteiger partial charge in [0, 0.05) is 39.3 Å². The van der Waals surface area contributed by atoms with Gasteiger partial charge in [-0.3, -0.25) is 4.68 Å². The molecular formula is C33H60N8O11. The second kappa shape index (κ2) is 25.7. The Hall–Kier alpha value is -2.24. The molecule has 0 bridgehead atoms. The van der Waals surface area contributed by atoms with Crippen LogP contribution in [0.1, 0.15) is 43.5 Å². The van der Waals surface area contributed by atoms with Crippen LogP contribution in [0, 0.1) is 0 Å². The van der Waals surface area contributed by atoms with E-state index in [4.69, 9.17) is 33.2 Å². The second-order valence-corrected chi connectivity index (χ2v) is 12.9. The highest BCUT2D eigenvalue weighted by atomic mass is 16.6. The van der Waals surface area contributed by atoms with Gasteiger partial charge >= 0.3 is 0 Å². The Labute approximate surface area is 305 Å². The minimum atomic E-state index is -0.919. The molecule has 2 aromatic heterocycles. The number of unbranched alkanes of at least 4 members (excludes halogenated alkanes) is 4. The number of hydrogen-bond acceptors (Lipinski definition) is 17. The summed E-state index contributed by atoms with van der Waals surface area (Å²) in [5, 5.41) is 61.9. The van der Waals surface area contributed by atoms with Crippen molar-refractivity contribution in [3.05, 3.63) is 23.8 Å². The van der Waals surface area contributed by atoms with Crippen LogP contribution in [-0.4, -0.2) is 179 Å². The number of hydrogen-bond donors (Lipinski definition) is 6. The van der Waals surface area contributed by atoms with Crippen molar-refractivity contribution in [3.8, 4) is 0 Å². The lowest BCUT2D eigenvalue weighted by Gasteiger charge is -2.32. The lowest BCUT2D eigenvalue weighted by Crippen LogP contribution is -2.54. The van der Waals surface area contributed by atoms with E-state index in [0.717, 1.165) is 45.3 Å². The number of aliphatic hydroxyl groups excluding tert-OH is 4. The summed E-state index contributed by atoms with van der Waals surface area (Å²) in [6, 6.07) is 0. The molecule has 0 aromatic carbocycles. The molecule has 2 fully saturated rings. The summed E-state index contributed by atoms with van der Waals surface area (Å²) in [5.41, 5.74) is 1.35. The minimum Gasteiger partial charge on any atom is -0.389 e. The summed E-state index contributed by atoms with van der Waals surface area (Å²) < 4.78 is 42.7. The average molecular weight is 745 g/mol. The van der Waals surface area contributed by atoms with E-state index in [2.05, 4.69) is 31.3 Å². The van der Waals surface area contributed by atoms with Crippen LogP contribution < -0.4 is 10.6 Å². The van der Waals surface area contributed by atoms with Gasteiger partial charge in [0.25, 0.3) is 0 Å². The van der Waals surface area contributed by atoms with Gasteiger partial charge in [-0.2, -0.15) is 0 Å². The van der Waals surface area contributed by atoms with Gasteiger partial charge in [-0.25, -0.2) is 4.68 Å². The summed E-state index contributed by atoms with van der Waals surface area (Å²) in [6.45, 7) is 8.70. The number of piperidine rings is 2. The van der Waals surface area contributed by atoms with Crippen molar-refractivity contribution < 1.29 is 53.6 Å². The van der Waals surface area contributed by atoms with Gasteiger partial charge in [-0.05, 0) is 12.8 Å². The maximum Gasteiger partial charge on any atom is 0.108 e. The number of ether oxygens (including phenoxy) is 7. The van der Waals surface area contributed by atoms with Gasteiger partial charge in [-0.1, -0.05) is 29.7 Å². The molecule has 2 aromatic rings. The van der Waals surface area contributed by atoms with Gasteiger partial charge in [0.05, 0.1) is 116 Å². The molecule has 4 rings (SSSR count). The standard InChI is InChI=1S/C33H60N8O11/c42-28-18-34-20-30(32(28)44)51-24-26-22-40(38-36-26)6-4-2-1-3-5-8-46-10-12-48-14-16-50-17-15-49-13-11-47-9-7-41-23-27(37-39-41)25-52-31-21-35-19-29(43)33(31)45/h22-23,28-35,42-45H,1-21,24-25H2/t28-,29-,30+,31+,32+,33+/m1/s1. The number of nitrogens with zero attached hydrogens (tertiary/aromatic N) is 6. The van der Waals surface area contributed by atoms with Gasteiger partial charge < -0.3 is 64.2 Å². The van der Waals surface area contributed by atoms with E-state index in [0.29, 0.717) is 104 Å². The Balaban J connectivity index is 0.827. The van der Waals surface area contributed by atoms with Gasteiger partial charge in [0.15, 0.2) is 0 Å². The smallest absolute Gasteiger partial charge is 0.108 e. The molecule has 4 heterocycles. The van der Waals surface area contributed by atoms with Crippen LogP contribution in [0.2, 0.25) is 0 Å². The zero-order valence-corrected chi connectivity index (χ0v) is 30.2. The number of rotatable bonds is 29. The number of aryl methyl sites for hydroxylation is 1. The Bertz CT molecular complexity index is 1090. The molecule has 0 aliphatic carbocycles. The third-order valence-corrected chi connectivity index (χ3v) is 8.64. The molecule has 2 aliphatic rings. The Morgan fingerprint density at radius 2 is 0.942 bits per heavy atom. The summed E-state index contributed by atoms with van der Waals surface area (Å²) in [4.78, 5) is 0. The van der Waals surface area contributed by atoms with E-state index in [-0.39, 0.29) is 13.2 Å². The maximum absolute atomic E-state index is 10.0. The molecule has 52 heavy (non-hydrogen) atoms. The normalized spacial score (nSPS) is 23.8. The van der Waals surface area contributed by atoms with E-state index in [9.17, 15) is 20.4 Å². The van der Waals surface area contributed by atoms with Crippen molar-refractivity contribution >= 4 is 0 Å². The monoisotopic (exact) mass is 744 g/mol. The van der Waals surface area contributed by atoms with E-state index in [1.165, 1.54) is 0 Å². The highest BCUT2D eigenvalue weighted by Crippen LogP contribution is 2.12. The fourth-order valence-corrected chi connectivity index (χ4v) is 5.60. The highest BCUT2D eigenvalue weighted by molar-refractivity contribution is 4.93. The number of β-amino-alcohol motifs (C(OH)–C–C–N with tert-alkyl or cyclic N) is 2. The molecule has 0 radical (unpaired) electrons. The second-order valence-electron chi connectivity index (χ2n) is 12.9. The van der Waals surface area contributed by atoms with Gasteiger partial charge in [0.1, 0.15) is 23.6 Å². The van der Waals surface area contributed by atoms with E-state index < -0.39 is 36.6 Å². The first-order chi connectivity index (χ1) is 25.5. The molecule has 2 aliphatic heterocycles. The van der Waals surface area contributed by atoms with Crippen molar-refractivity contribution in [2.45, 2.75) is 95.0 Å². The minimum absolute atomic E-state index is 0.200. The molecule has 19 heteroatoms. The van der Waals surface area contributed by atoms with Crippen molar-refractivity contribution in [2.75, 3.05) is 92.2 Å². The first-order valence-electron chi connectivity index (χ1n) is 18.5. The number of aromatic nitrogens is 6. The third-order valence-electron chi connectivity index (χ3n) is 8.64. The van der Waals surface area contributed by atoms with Crippen molar-refractivity contribution in [1.29, 1.82) is 0 Å². The van der Waals surface area contributed by atoms with Crippen molar-refractivity contribution in [1.82, 2.24) is 40.6 Å². The molecule has 298 valence electrons. The lowest BCUT2D eigenvalue weighted by molar-refractivity contribution is -0.109. The topological polar surface area (TPSA) is 231 Å². The van der Waals surface area contributed by atoms with E-state index in [1.54, 1.807) is 10.9 Å². The van der Waals surface area contributed by atoms with E-state index >= 15 is 0 Å². The molecule has 6 atom stereocenters. The fraction of sp³-hybridized carbons (Fsp3) is 0.879. The average Bonchev–Trinajstić information content (AvgIpc) is 3.81. The number of nitrogens with one attached hydrogen (secondary N) is 2. The van der Waals surface area contributed by atoms with Gasteiger partial charge in [-0.15, -0.1) is 10.2 Å². The van der Waals surface area contributed by atoms with E-state index in [1.807, 2.05) is 10.9 Å². The summed E-state index contributed by atoms with van der Waals surface area (Å²) in [7, 11) is 0. The predicted octanol–water partition coefficient (Wildman–Crippen LogP) is -1.98. The third kappa shape index (κ3) is 16.8. The van der Waals surface area contributed by atoms with Crippen LogP contribution in [0.3, 0.4) is 0 Å². The largest absolute Gasteiger partial charge is 0.389 e. The predicted molar refractivity (Wildman–Crippen MR) is 184 cm³/mol. The van der Waals surface area contributed by atoms with Crippen LogP contribution in [0.15, 0.2) is 12.4 Å². The Morgan fingerprint density at radius 1 is 0.519 bits per heavy atom. The summed E-state index contributed by atoms with van der Waals surface area (Å²) >= 11 is 0. The molecule has 6 N–H and O–H groups in total. The van der Waals surface area contributed by atoms with Crippen molar-refractivity contribution in [3.63, 3.8) is 0 Å². The molecule has 0 saturated carbocycles. The lowest BCUT2D eigenvalue weighted by atomic mass is 10.0. The summed E-state index contributed by atoms with van der Waals surface area (Å²) in [5.74, 6) is 0. The quantitative estimate of drug-likeness (QED) is 0.0496. The van der Waals surface area contributed by atoms with Crippen LogP contribution in [0.4, 0.5) is 0 Å².